The van der Waals surface area contributed by atoms with Crippen LogP contribution in [0.2, 0.25) is 5.02 Å². The molecule has 0 spiro atoms. The van der Waals surface area contributed by atoms with Crippen LogP contribution in [0.15, 0.2) is 36.4 Å². The standard InChI is InChI=1S/C14H13ClF2N2O/c1-20-9-4-2-8(3-5-9)14(19-18)10-6-13(17)11(15)7-12(10)16/h2-7,14,19H,18H2,1H3. The van der Waals surface area contributed by atoms with E-state index in [1.165, 1.54) is 0 Å². The molecule has 1 atom stereocenters. The average Bonchev–Trinajstić information content (AvgIpc) is 2.46. The normalized spacial score (nSPS) is 12.2. The van der Waals surface area contributed by atoms with Crippen LogP contribution in [0.25, 0.3) is 0 Å². The van der Waals surface area contributed by atoms with Crippen molar-refractivity contribution in [3.63, 3.8) is 0 Å². The number of hydrogen-bond acceptors (Lipinski definition) is 3. The van der Waals surface area contributed by atoms with Gasteiger partial charge in [0.25, 0.3) is 0 Å². The van der Waals surface area contributed by atoms with Crippen molar-refractivity contribution >= 4 is 11.6 Å². The van der Waals surface area contributed by atoms with Gasteiger partial charge < -0.3 is 4.74 Å². The number of benzene rings is 2. The summed E-state index contributed by atoms with van der Waals surface area (Å²) in [5.41, 5.74) is 3.23. The van der Waals surface area contributed by atoms with Crippen LogP contribution in [0.1, 0.15) is 17.2 Å². The minimum absolute atomic E-state index is 0.0829. The molecule has 2 aromatic carbocycles. The van der Waals surface area contributed by atoms with E-state index in [4.69, 9.17) is 22.2 Å². The number of hydrogen-bond donors (Lipinski definition) is 2. The molecule has 3 N–H and O–H groups in total. The Balaban J connectivity index is 2.43. The molecule has 0 radical (unpaired) electrons. The van der Waals surface area contributed by atoms with E-state index in [0.717, 1.165) is 12.1 Å². The van der Waals surface area contributed by atoms with Gasteiger partial charge in [0, 0.05) is 5.56 Å². The SMILES string of the molecule is COc1ccc(C(NN)c2cc(F)c(Cl)cc2F)cc1. The van der Waals surface area contributed by atoms with Gasteiger partial charge in [-0.25, -0.2) is 14.2 Å². The Kier molecular flexibility index (Phi) is 4.54. The smallest absolute Gasteiger partial charge is 0.142 e. The lowest BCUT2D eigenvalue weighted by molar-refractivity contribution is 0.414. The molecule has 0 saturated carbocycles. The van der Waals surface area contributed by atoms with Crippen molar-refractivity contribution < 1.29 is 13.5 Å². The van der Waals surface area contributed by atoms with Gasteiger partial charge >= 0.3 is 0 Å². The van der Waals surface area contributed by atoms with E-state index >= 15 is 0 Å². The summed E-state index contributed by atoms with van der Waals surface area (Å²) in [6.07, 6.45) is 0. The molecule has 20 heavy (non-hydrogen) atoms. The van der Waals surface area contributed by atoms with Crippen LogP contribution in [-0.4, -0.2) is 7.11 Å². The van der Waals surface area contributed by atoms with Crippen molar-refractivity contribution in [2.75, 3.05) is 7.11 Å². The summed E-state index contributed by atoms with van der Waals surface area (Å²) in [6.45, 7) is 0. The fourth-order valence-electron chi connectivity index (χ4n) is 1.92. The van der Waals surface area contributed by atoms with Gasteiger partial charge in [-0.05, 0) is 29.8 Å². The maximum absolute atomic E-state index is 13.9. The molecule has 0 heterocycles. The number of nitrogens with two attached hydrogens (primary N) is 1. The van der Waals surface area contributed by atoms with Crippen LogP contribution >= 0.6 is 11.6 Å². The molecule has 0 aliphatic rings. The summed E-state index contributed by atoms with van der Waals surface area (Å²) in [6, 6.07) is 8.14. The van der Waals surface area contributed by atoms with Gasteiger partial charge in [0.2, 0.25) is 0 Å². The minimum atomic E-state index is -0.697. The van der Waals surface area contributed by atoms with Crippen LogP contribution in [0, 0.1) is 11.6 Å². The molecule has 6 heteroatoms. The third kappa shape index (κ3) is 2.90. The van der Waals surface area contributed by atoms with Crippen LogP contribution < -0.4 is 16.0 Å². The first kappa shape index (κ1) is 14.7. The lowest BCUT2D eigenvalue weighted by Gasteiger charge is -2.18. The zero-order valence-electron chi connectivity index (χ0n) is 10.7. The van der Waals surface area contributed by atoms with Crippen molar-refractivity contribution in [3.05, 3.63) is 64.2 Å². The van der Waals surface area contributed by atoms with Gasteiger partial charge in [-0.15, -0.1) is 0 Å². The van der Waals surface area contributed by atoms with Crippen LogP contribution in [0.3, 0.4) is 0 Å². The third-order valence-electron chi connectivity index (χ3n) is 2.97. The quantitative estimate of drug-likeness (QED) is 0.518. The maximum Gasteiger partial charge on any atom is 0.142 e. The highest BCUT2D eigenvalue weighted by atomic mass is 35.5. The number of hydrazine groups is 1. The van der Waals surface area contributed by atoms with E-state index < -0.39 is 17.7 Å². The summed E-state index contributed by atoms with van der Waals surface area (Å²) >= 11 is 5.54. The van der Waals surface area contributed by atoms with Crippen molar-refractivity contribution in [3.8, 4) is 5.75 Å². The number of ether oxygens (including phenoxy) is 1. The first-order valence-corrected chi connectivity index (χ1v) is 6.19. The summed E-state index contributed by atoms with van der Waals surface area (Å²) in [4.78, 5) is 0. The highest BCUT2D eigenvalue weighted by Crippen LogP contribution is 2.28. The molecular weight excluding hydrogens is 286 g/mol. The largest absolute Gasteiger partial charge is 0.497 e. The van der Waals surface area contributed by atoms with E-state index in [1.807, 2.05) is 0 Å². The number of rotatable bonds is 4. The molecule has 0 aliphatic heterocycles. The zero-order valence-corrected chi connectivity index (χ0v) is 11.4. The molecule has 2 aromatic rings. The monoisotopic (exact) mass is 298 g/mol. The molecular formula is C14H13ClF2N2O. The highest BCUT2D eigenvalue weighted by Gasteiger charge is 2.19. The maximum atomic E-state index is 13.9. The van der Waals surface area contributed by atoms with Gasteiger partial charge in [0.1, 0.15) is 17.4 Å². The van der Waals surface area contributed by atoms with E-state index in [0.29, 0.717) is 11.3 Å². The Morgan fingerprint density at radius 3 is 2.35 bits per heavy atom. The molecule has 0 aromatic heterocycles. The second-order valence-electron chi connectivity index (χ2n) is 4.16. The van der Waals surface area contributed by atoms with Gasteiger partial charge in [0.05, 0.1) is 18.2 Å². The predicted molar refractivity (Wildman–Crippen MR) is 73.5 cm³/mol. The first-order valence-electron chi connectivity index (χ1n) is 5.81. The third-order valence-corrected chi connectivity index (χ3v) is 3.26. The van der Waals surface area contributed by atoms with E-state index in [1.54, 1.807) is 31.4 Å². The second-order valence-corrected chi connectivity index (χ2v) is 4.57. The Morgan fingerprint density at radius 1 is 1.15 bits per heavy atom. The summed E-state index contributed by atoms with van der Waals surface area (Å²) in [5, 5.41) is -0.267. The molecule has 0 fully saturated rings. The van der Waals surface area contributed by atoms with E-state index in [2.05, 4.69) is 5.43 Å². The van der Waals surface area contributed by atoms with E-state index in [-0.39, 0.29) is 10.6 Å². The second kappa shape index (κ2) is 6.17. The molecule has 2 rings (SSSR count). The molecule has 1 unspecified atom stereocenters. The number of nitrogens with one attached hydrogen (secondary N) is 1. The summed E-state index contributed by atoms with van der Waals surface area (Å²) in [5.74, 6) is 4.79. The van der Waals surface area contributed by atoms with Crippen LogP contribution in [0.4, 0.5) is 8.78 Å². The van der Waals surface area contributed by atoms with Crippen molar-refractivity contribution in [1.29, 1.82) is 0 Å². The van der Waals surface area contributed by atoms with Gasteiger partial charge in [-0.2, -0.15) is 0 Å². The summed E-state index contributed by atoms with van der Waals surface area (Å²) in [7, 11) is 1.54. The average molecular weight is 299 g/mol. The molecule has 0 bridgehead atoms. The molecule has 3 nitrogen and oxygen atoms in total. The fourth-order valence-corrected chi connectivity index (χ4v) is 2.07. The Morgan fingerprint density at radius 2 is 1.80 bits per heavy atom. The molecule has 106 valence electrons. The first-order chi connectivity index (χ1) is 9.56. The van der Waals surface area contributed by atoms with Crippen molar-refractivity contribution in [1.82, 2.24) is 5.43 Å². The van der Waals surface area contributed by atoms with Gasteiger partial charge in [-0.1, -0.05) is 23.7 Å². The van der Waals surface area contributed by atoms with Crippen molar-refractivity contribution in [2.24, 2.45) is 5.84 Å². The summed E-state index contributed by atoms with van der Waals surface area (Å²) < 4.78 is 32.5. The molecule has 0 aliphatic carbocycles. The zero-order chi connectivity index (χ0) is 14.7. The predicted octanol–water partition coefficient (Wildman–Crippen LogP) is 3.18. The highest BCUT2D eigenvalue weighted by molar-refractivity contribution is 6.30. The minimum Gasteiger partial charge on any atom is -0.497 e. The molecule has 0 amide bonds. The van der Waals surface area contributed by atoms with Crippen LogP contribution in [-0.2, 0) is 0 Å². The number of methoxy groups -OCH3 is 1. The Bertz CT molecular complexity index is 605. The Labute approximate surface area is 120 Å². The molecule has 0 saturated heterocycles. The Hall–Kier alpha value is -1.69. The fraction of sp³-hybridized carbons (Fsp3) is 0.143. The lowest BCUT2D eigenvalue weighted by atomic mass is 9.98. The van der Waals surface area contributed by atoms with Gasteiger partial charge in [-0.3, -0.25) is 5.84 Å². The van der Waals surface area contributed by atoms with Crippen molar-refractivity contribution in [2.45, 2.75) is 6.04 Å². The lowest BCUT2D eigenvalue weighted by Crippen LogP contribution is -2.29. The topological polar surface area (TPSA) is 47.3 Å². The van der Waals surface area contributed by atoms with Gasteiger partial charge in [0.15, 0.2) is 0 Å². The number of halogens is 3. The van der Waals surface area contributed by atoms with E-state index in [9.17, 15) is 8.78 Å². The van der Waals surface area contributed by atoms with Crippen LogP contribution in [0.5, 0.6) is 5.75 Å².